The summed E-state index contributed by atoms with van der Waals surface area (Å²) in [5, 5.41) is 7.64. The van der Waals surface area contributed by atoms with E-state index in [1.54, 1.807) is 11.3 Å². The van der Waals surface area contributed by atoms with Crippen molar-refractivity contribution in [3.05, 3.63) is 85.1 Å². The van der Waals surface area contributed by atoms with E-state index in [1.165, 1.54) is 37.0 Å². The Hall–Kier alpha value is -3.30. The minimum Gasteiger partial charge on any atom is -0.255 e. The van der Waals surface area contributed by atoms with Crippen molar-refractivity contribution in [1.82, 2.24) is 9.97 Å². The lowest BCUT2D eigenvalue weighted by atomic mass is 10.00. The van der Waals surface area contributed by atoms with Crippen LogP contribution in [0.5, 0.6) is 0 Å². The number of fused-ring (bicyclic) bond motifs is 6. The lowest BCUT2D eigenvalue weighted by Crippen LogP contribution is -1.85. The van der Waals surface area contributed by atoms with Gasteiger partial charge in [-0.05, 0) is 64.0 Å². The molecule has 3 aromatic carbocycles. The summed E-state index contributed by atoms with van der Waals surface area (Å²) in [6, 6.07) is 27.8. The van der Waals surface area contributed by atoms with E-state index in [9.17, 15) is 0 Å². The molecule has 0 aliphatic rings. The van der Waals surface area contributed by atoms with Crippen molar-refractivity contribution in [2.75, 3.05) is 0 Å². The van der Waals surface area contributed by atoms with Gasteiger partial charge in [-0.1, -0.05) is 36.4 Å². The first-order valence-corrected chi connectivity index (χ1v) is 9.75. The first-order valence-electron chi connectivity index (χ1n) is 8.93. The molecule has 0 bridgehead atoms. The molecule has 0 aliphatic carbocycles. The second kappa shape index (κ2) is 5.60. The lowest BCUT2D eigenvalue weighted by Gasteiger charge is -2.04. The molecule has 0 spiro atoms. The molecular weight excluding hydrogens is 348 g/mol. The molecule has 0 atom stereocenters. The van der Waals surface area contributed by atoms with Crippen LogP contribution in [0.1, 0.15) is 0 Å². The molecule has 0 saturated heterocycles. The number of rotatable bonds is 1. The molecule has 0 N–H and O–H groups in total. The molecule has 0 fully saturated rings. The van der Waals surface area contributed by atoms with E-state index in [0.29, 0.717) is 0 Å². The van der Waals surface area contributed by atoms with Gasteiger partial charge in [0.25, 0.3) is 0 Å². The van der Waals surface area contributed by atoms with Crippen molar-refractivity contribution in [2.24, 2.45) is 0 Å². The standard InChI is InChI=1S/C24H14N2S/c1-2-6-16-14-19-17(13-15(16)5-1)8-11-22-23(19)18-9-10-21(26-24(18)27-22)20-7-3-4-12-25-20/h1-14H. The Balaban J connectivity index is 1.69. The molecule has 0 radical (unpaired) electrons. The first kappa shape index (κ1) is 14.8. The summed E-state index contributed by atoms with van der Waals surface area (Å²) >= 11 is 1.75. The average Bonchev–Trinajstić information content (AvgIpc) is 3.11. The summed E-state index contributed by atoms with van der Waals surface area (Å²) in [4.78, 5) is 10.4. The molecule has 3 heteroatoms. The summed E-state index contributed by atoms with van der Waals surface area (Å²) in [6.07, 6.45) is 1.81. The quantitative estimate of drug-likeness (QED) is 0.300. The fourth-order valence-corrected chi connectivity index (χ4v) is 4.92. The molecule has 0 saturated carbocycles. The van der Waals surface area contributed by atoms with Crippen LogP contribution in [0.2, 0.25) is 0 Å². The summed E-state index contributed by atoms with van der Waals surface area (Å²) < 4.78 is 1.28. The van der Waals surface area contributed by atoms with Crippen molar-refractivity contribution in [1.29, 1.82) is 0 Å². The first-order chi connectivity index (χ1) is 13.4. The van der Waals surface area contributed by atoms with Gasteiger partial charge in [-0.25, -0.2) is 4.98 Å². The molecule has 0 amide bonds. The lowest BCUT2D eigenvalue weighted by molar-refractivity contribution is 1.28. The zero-order valence-corrected chi connectivity index (χ0v) is 15.2. The smallest absolute Gasteiger partial charge is 0.125 e. The van der Waals surface area contributed by atoms with Crippen LogP contribution >= 0.6 is 11.3 Å². The molecule has 3 aromatic heterocycles. The van der Waals surface area contributed by atoms with Gasteiger partial charge in [0, 0.05) is 21.7 Å². The summed E-state index contributed by atoms with van der Waals surface area (Å²) in [6.45, 7) is 0. The number of pyridine rings is 2. The van der Waals surface area contributed by atoms with E-state index in [4.69, 9.17) is 4.98 Å². The zero-order valence-electron chi connectivity index (χ0n) is 14.4. The van der Waals surface area contributed by atoms with Crippen LogP contribution in [-0.2, 0) is 0 Å². The molecule has 0 unspecified atom stereocenters. The van der Waals surface area contributed by atoms with Crippen LogP contribution in [-0.4, -0.2) is 9.97 Å². The molecule has 6 rings (SSSR count). The minimum absolute atomic E-state index is 0.910. The van der Waals surface area contributed by atoms with Gasteiger partial charge in [-0.3, -0.25) is 4.98 Å². The number of hydrogen-bond acceptors (Lipinski definition) is 3. The highest BCUT2D eigenvalue weighted by Crippen LogP contribution is 2.39. The third-order valence-corrected chi connectivity index (χ3v) is 6.18. The van der Waals surface area contributed by atoms with Crippen LogP contribution < -0.4 is 0 Å². The van der Waals surface area contributed by atoms with E-state index in [0.717, 1.165) is 16.2 Å². The number of nitrogens with zero attached hydrogens (tertiary/aromatic N) is 2. The predicted octanol–water partition coefficient (Wildman–Crippen LogP) is 6.82. The van der Waals surface area contributed by atoms with Crippen LogP contribution in [0.25, 0.3) is 53.2 Å². The van der Waals surface area contributed by atoms with Gasteiger partial charge < -0.3 is 0 Å². The van der Waals surface area contributed by atoms with Gasteiger partial charge in [-0.2, -0.15) is 0 Å². The highest BCUT2D eigenvalue weighted by molar-refractivity contribution is 7.25. The van der Waals surface area contributed by atoms with E-state index in [1.807, 2.05) is 24.4 Å². The predicted molar refractivity (Wildman–Crippen MR) is 115 cm³/mol. The number of thiophene rings is 1. The summed E-state index contributed by atoms with van der Waals surface area (Å²) in [7, 11) is 0. The fourth-order valence-electron chi connectivity index (χ4n) is 3.83. The van der Waals surface area contributed by atoms with Crippen LogP contribution in [0.15, 0.2) is 85.1 Å². The number of benzene rings is 3. The second-order valence-corrected chi connectivity index (χ2v) is 7.76. The number of hydrogen-bond donors (Lipinski definition) is 0. The average molecular weight is 362 g/mol. The minimum atomic E-state index is 0.910. The van der Waals surface area contributed by atoms with Crippen molar-refractivity contribution in [2.45, 2.75) is 0 Å². The highest BCUT2D eigenvalue weighted by Gasteiger charge is 2.12. The Morgan fingerprint density at radius 3 is 2.33 bits per heavy atom. The Morgan fingerprint density at radius 1 is 0.630 bits per heavy atom. The second-order valence-electron chi connectivity index (χ2n) is 6.73. The zero-order chi connectivity index (χ0) is 17.8. The van der Waals surface area contributed by atoms with Crippen LogP contribution in [0.4, 0.5) is 0 Å². The SMILES string of the molecule is c1ccc(-c2ccc3c(n2)sc2ccc4cc5ccccc5cc4c23)nc1. The normalized spacial score (nSPS) is 11.7. The Kier molecular flexibility index (Phi) is 3.07. The van der Waals surface area contributed by atoms with E-state index in [2.05, 4.69) is 65.6 Å². The van der Waals surface area contributed by atoms with Crippen LogP contribution in [0, 0.1) is 0 Å². The monoisotopic (exact) mass is 362 g/mol. The molecule has 0 aliphatic heterocycles. The molecule has 6 aromatic rings. The van der Waals surface area contributed by atoms with Gasteiger partial charge in [0.05, 0.1) is 11.4 Å². The van der Waals surface area contributed by atoms with Crippen molar-refractivity contribution in [3.8, 4) is 11.4 Å². The van der Waals surface area contributed by atoms with E-state index in [-0.39, 0.29) is 0 Å². The van der Waals surface area contributed by atoms with Gasteiger partial charge in [0.15, 0.2) is 0 Å². The Morgan fingerprint density at radius 2 is 1.48 bits per heavy atom. The van der Waals surface area contributed by atoms with Crippen molar-refractivity contribution in [3.63, 3.8) is 0 Å². The largest absolute Gasteiger partial charge is 0.255 e. The maximum atomic E-state index is 4.91. The third kappa shape index (κ3) is 2.25. The Labute approximate surface area is 159 Å². The molecular formula is C24H14N2S. The summed E-state index contributed by atoms with van der Waals surface area (Å²) in [5.41, 5.74) is 1.83. The molecule has 3 heterocycles. The van der Waals surface area contributed by atoms with E-state index >= 15 is 0 Å². The third-order valence-electron chi connectivity index (χ3n) is 5.11. The van der Waals surface area contributed by atoms with Crippen molar-refractivity contribution >= 4 is 53.2 Å². The van der Waals surface area contributed by atoms with Gasteiger partial charge >= 0.3 is 0 Å². The fraction of sp³-hybridized carbons (Fsp3) is 0. The highest BCUT2D eigenvalue weighted by atomic mass is 32.1. The number of aromatic nitrogens is 2. The summed E-state index contributed by atoms with van der Waals surface area (Å²) in [5.74, 6) is 0. The topological polar surface area (TPSA) is 25.8 Å². The Bertz CT molecular complexity index is 1470. The van der Waals surface area contributed by atoms with Gasteiger partial charge in [0.2, 0.25) is 0 Å². The van der Waals surface area contributed by atoms with Gasteiger partial charge in [0.1, 0.15) is 4.83 Å². The molecule has 27 heavy (non-hydrogen) atoms. The van der Waals surface area contributed by atoms with Gasteiger partial charge in [-0.15, -0.1) is 11.3 Å². The van der Waals surface area contributed by atoms with Crippen LogP contribution in [0.3, 0.4) is 0 Å². The maximum Gasteiger partial charge on any atom is 0.125 e. The molecule has 126 valence electrons. The van der Waals surface area contributed by atoms with E-state index < -0.39 is 0 Å². The maximum absolute atomic E-state index is 4.91. The van der Waals surface area contributed by atoms with Crippen molar-refractivity contribution < 1.29 is 0 Å². The molecule has 2 nitrogen and oxygen atoms in total.